The molecule has 5 rings (SSSR count). The number of nitrogens with one attached hydrogen (secondary N) is 1. The van der Waals surface area contributed by atoms with Gasteiger partial charge in [-0.15, -0.1) is 20.4 Å². The van der Waals surface area contributed by atoms with Crippen molar-refractivity contribution in [1.29, 1.82) is 0 Å². The summed E-state index contributed by atoms with van der Waals surface area (Å²) in [6.07, 6.45) is 2.04. The third kappa shape index (κ3) is 3.19. The van der Waals surface area contributed by atoms with E-state index >= 15 is 0 Å². The van der Waals surface area contributed by atoms with Gasteiger partial charge in [-0.2, -0.15) is 10.0 Å². The highest BCUT2D eigenvalue weighted by atomic mass is 16.3. The fourth-order valence-corrected chi connectivity index (χ4v) is 4.00. The van der Waals surface area contributed by atoms with Gasteiger partial charge >= 0.3 is 0 Å². The Morgan fingerprint density at radius 3 is 2.60 bits per heavy atom. The van der Waals surface area contributed by atoms with Crippen LogP contribution in [0.5, 0.6) is 0 Å². The van der Waals surface area contributed by atoms with Gasteiger partial charge in [0.25, 0.3) is 0 Å². The van der Waals surface area contributed by atoms with Crippen LogP contribution in [0.25, 0.3) is 11.2 Å². The lowest BCUT2D eigenvalue weighted by Gasteiger charge is -2.27. The molecular weight excluding hydrogens is 388 g/mol. The summed E-state index contributed by atoms with van der Waals surface area (Å²) in [5.74, 6) is 2.13. The first-order valence-corrected chi connectivity index (χ1v) is 10.3. The van der Waals surface area contributed by atoms with E-state index in [-0.39, 0.29) is 18.1 Å². The van der Waals surface area contributed by atoms with E-state index in [0.29, 0.717) is 47.5 Å². The molecule has 4 heterocycles. The Bertz CT molecular complexity index is 1040. The fourth-order valence-electron chi connectivity index (χ4n) is 4.00. The van der Waals surface area contributed by atoms with Crippen molar-refractivity contribution in [1.82, 2.24) is 45.6 Å². The second-order valence-corrected chi connectivity index (χ2v) is 9.17. The minimum absolute atomic E-state index is 0.167. The second kappa shape index (κ2) is 6.91. The average Bonchev–Trinajstić information content (AvgIpc) is 3.08. The zero-order chi connectivity index (χ0) is 21.0. The molecule has 1 saturated heterocycles. The van der Waals surface area contributed by atoms with Crippen molar-refractivity contribution in [3.63, 3.8) is 0 Å². The first kappa shape index (κ1) is 19.2. The monoisotopic (exact) mass is 414 g/mol. The number of aliphatic hydroxyl groups is 2. The van der Waals surface area contributed by atoms with Gasteiger partial charge in [0.2, 0.25) is 11.5 Å². The van der Waals surface area contributed by atoms with Crippen LogP contribution in [-0.2, 0) is 5.41 Å². The number of fused-ring (bicyclic) bond motifs is 1. The van der Waals surface area contributed by atoms with Crippen LogP contribution in [-0.4, -0.2) is 81.1 Å². The number of aromatic amines is 1. The zero-order valence-electron chi connectivity index (χ0n) is 17.3. The standard InChI is InChI=1S/C18H26N10O2/c1-18(2,3)17-19-14-12(16(20-17)27-7-6-11(30)10(27)8-29)23-28(24-14)13(9-4-5-9)15-21-25-26-22-15/h9-11,13,29-30H,4-8H2,1-3H3,(H,21,22,25,26)/t10-,11-,13?/m0/s1. The van der Waals surface area contributed by atoms with E-state index in [4.69, 9.17) is 15.1 Å². The molecule has 160 valence electrons. The number of hydrogen-bond acceptors (Lipinski definition) is 10. The Kier molecular flexibility index (Phi) is 4.43. The van der Waals surface area contributed by atoms with Crippen LogP contribution in [0.3, 0.4) is 0 Å². The summed E-state index contributed by atoms with van der Waals surface area (Å²) in [4.78, 5) is 13.0. The van der Waals surface area contributed by atoms with Crippen LogP contribution in [0.4, 0.5) is 5.82 Å². The maximum atomic E-state index is 10.3. The number of aliphatic hydroxyl groups excluding tert-OH is 2. The third-order valence-electron chi connectivity index (χ3n) is 5.83. The van der Waals surface area contributed by atoms with Crippen molar-refractivity contribution in [3.05, 3.63) is 11.6 Å². The van der Waals surface area contributed by atoms with E-state index in [1.165, 1.54) is 0 Å². The maximum Gasteiger partial charge on any atom is 0.207 e. The Morgan fingerprint density at radius 1 is 1.17 bits per heavy atom. The van der Waals surface area contributed by atoms with E-state index in [9.17, 15) is 10.2 Å². The lowest BCUT2D eigenvalue weighted by Crippen LogP contribution is -2.39. The molecule has 0 spiro atoms. The van der Waals surface area contributed by atoms with Gasteiger partial charge in [-0.25, -0.2) is 9.97 Å². The fraction of sp³-hybridized carbons (Fsp3) is 0.722. The summed E-state index contributed by atoms with van der Waals surface area (Å²) in [7, 11) is 0. The minimum Gasteiger partial charge on any atom is -0.394 e. The third-order valence-corrected chi connectivity index (χ3v) is 5.83. The van der Waals surface area contributed by atoms with Crippen molar-refractivity contribution < 1.29 is 10.2 Å². The molecule has 2 fully saturated rings. The summed E-state index contributed by atoms with van der Waals surface area (Å²) in [5, 5.41) is 44.1. The van der Waals surface area contributed by atoms with Crippen LogP contribution < -0.4 is 4.90 Å². The number of tetrazole rings is 1. The SMILES string of the molecule is CC(C)(C)c1nc(N2CC[C@H](O)[C@@H]2CO)c2nn(C(c3nn[nH]n3)C3CC3)nc2n1. The molecule has 0 radical (unpaired) electrons. The highest BCUT2D eigenvalue weighted by molar-refractivity contribution is 5.83. The van der Waals surface area contributed by atoms with Gasteiger partial charge in [0, 0.05) is 12.0 Å². The van der Waals surface area contributed by atoms with Crippen molar-refractivity contribution in [2.75, 3.05) is 18.1 Å². The van der Waals surface area contributed by atoms with Gasteiger partial charge in [-0.05, 0) is 25.2 Å². The van der Waals surface area contributed by atoms with Crippen molar-refractivity contribution in [2.24, 2.45) is 5.92 Å². The Balaban J connectivity index is 1.67. The van der Waals surface area contributed by atoms with Gasteiger partial charge in [-0.1, -0.05) is 26.0 Å². The van der Waals surface area contributed by atoms with Gasteiger partial charge in [0.15, 0.2) is 11.3 Å². The number of nitrogens with zero attached hydrogens (tertiary/aromatic N) is 9. The molecule has 2 aliphatic rings. The van der Waals surface area contributed by atoms with Gasteiger partial charge < -0.3 is 15.1 Å². The van der Waals surface area contributed by atoms with Crippen LogP contribution in [0, 0.1) is 5.92 Å². The lowest BCUT2D eigenvalue weighted by molar-refractivity contribution is 0.128. The first-order chi connectivity index (χ1) is 14.4. The molecule has 0 amide bonds. The molecule has 12 nitrogen and oxygen atoms in total. The first-order valence-electron chi connectivity index (χ1n) is 10.3. The van der Waals surface area contributed by atoms with Crippen LogP contribution in [0.2, 0.25) is 0 Å². The smallest absolute Gasteiger partial charge is 0.207 e. The van der Waals surface area contributed by atoms with Crippen molar-refractivity contribution in [2.45, 2.75) is 63.6 Å². The van der Waals surface area contributed by atoms with Gasteiger partial charge in [-0.3, -0.25) is 0 Å². The Morgan fingerprint density at radius 2 is 1.97 bits per heavy atom. The normalized spacial score (nSPS) is 23.4. The molecule has 3 atom stereocenters. The zero-order valence-corrected chi connectivity index (χ0v) is 17.3. The van der Waals surface area contributed by atoms with Crippen LogP contribution in [0.15, 0.2) is 0 Å². The molecule has 3 N–H and O–H groups in total. The molecule has 12 heteroatoms. The number of anilines is 1. The molecule has 0 aromatic carbocycles. The topological polar surface area (TPSA) is 155 Å². The summed E-state index contributed by atoms with van der Waals surface area (Å²) in [5.41, 5.74) is 0.727. The molecule has 1 unspecified atom stereocenters. The Labute approximate surface area is 172 Å². The van der Waals surface area contributed by atoms with Gasteiger partial charge in [0.1, 0.15) is 11.9 Å². The van der Waals surface area contributed by atoms with E-state index in [1.54, 1.807) is 4.80 Å². The minimum atomic E-state index is -0.619. The molecule has 3 aromatic rings. The molecular formula is C18H26N10O2. The quantitative estimate of drug-likeness (QED) is 0.518. The van der Waals surface area contributed by atoms with Crippen molar-refractivity contribution in [3.8, 4) is 0 Å². The van der Waals surface area contributed by atoms with Crippen LogP contribution in [0.1, 0.15) is 57.7 Å². The largest absolute Gasteiger partial charge is 0.394 e. The number of rotatable bonds is 5. The summed E-state index contributed by atoms with van der Waals surface area (Å²) >= 11 is 0. The molecule has 3 aromatic heterocycles. The van der Waals surface area contributed by atoms with E-state index in [2.05, 4.69) is 25.7 Å². The maximum absolute atomic E-state index is 10.3. The summed E-state index contributed by atoms with van der Waals surface area (Å²) in [6, 6.07) is -0.654. The predicted octanol–water partition coefficient (Wildman–Crippen LogP) is -0.0368. The summed E-state index contributed by atoms with van der Waals surface area (Å²) < 4.78 is 0. The predicted molar refractivity (Wildman–Crippen MR) is 106 cm³/mol. The van der Waals surface area contributed by atoms with E-state index in [0.717, 1.165) is 12.8 Å². The van der Waals surface area contributed by atoms with Crippen molar-refractivity contribution >= 4 is 17.0 Å². The molecule has 1 saturated carbocycles. The second-order valence-electron chi connectivity index (χ2n) is 9.17. The highest BCUT2D eigenvalue weighted by Crippen LogP contribution is 2.42. The molecule has 1 aliphatic heterocycles. The molecule has 0 bridgehead atoms. The van der Waals surface area contributed by atoms with Crippen LogP contribution >= 0.6 is 0 Å². The number of hydrogen-bond donors (Lipinski definition) is 3. The Hall–Kier alpha value is -2.73. The number of aromatic nitrogens is 9. The van der Waals surface area contributed by atoms with E-state index < -0.39 is 12.1 Å². The van der Waals surface area contributed by atoms with Gasteiger partial charge in [0.05, 0.1) is 18.8 Å². The average molecular weight is 414 g/mol. The molecule has 1 aliphatic carbocycles. The van der Waals surface area contributed by atoms with E-state index in [1.807, 2.05) is 25.7 Å². The molecule has 30 heavy (non-hydrogen) atoms. The highest BCUT2D eigenvalue weighted by Gasteiger charge is 2.40. The summed E-state index contributed by atoms with van der Waals surface area (Å²) in [6.45, 7) is 6.52. The number of H-pyrrole nitrogens is 1. The lowest BCUT2D eigenvalue weighted by atomic mass is 9.96.